The molecule has 0 amide bonds. The molecule has 1 aromatic heterocycles. The molecule has 0 aliphatic heterocycles. The zero-order chi connectivity index (χ0) is 11.3. The van der Waals surface area contributed by atoms with E-state index >= 15 is 0 Å². The fraction of sp³-hybridized carbons (Fsp3) is 0.667. The highest BCUT2D eigenvalue weighted by atomic mass is 35.5. The lowest BCUT2D eigenvalue weighted by Crippen LogP contribution is -2.27. The second-order valence-electron chi connectivity index (χ2n) is 4.13. The fourth-order valence-corrected chi connectivity index (χ4v) is 2.84. The predicted octanol–water partition coefficient (Wildman–Crippen LogP) is 4.28. The van der Waals surface area contributed by atoms with Gasteiger partial charge in [-0.1, -0.05) is 25.4 Å². The Morgan fingerprint density at radius 1 is 1.40 bits per heavy atom. The van der Waals surface area contributed by atoms with Crippen LogP contribution in [0.5, 0.6) is 0 Å². The second kappa shape index (κ2) is 6.51. The van der Waals surface area contributed by atoms with Crippen molar-refractivity contribution in [3.63, 3.8) is 0 Å². The van der Waals surface area contributed by atoms with Crippen LogP contribution < -0.4 is 5.32 Å². The molecule has 0 bridgehead atoms. The van der Waals surface area contributed by atoms with Crippen molar-refractivity contribution >= 4 is 22.9 Å². The molecule has 86 valence electrons. The molecule has 0 spiro atoms. The lowest BCUT2D eigenvalue weighted by Gasteiger charge is -2.17. The van der Waals surface area contributed by atoms with Gasteiger partial charge in [-0.25, -0.2) is 0 Å². The Morgan fingerprint density at radius 3 is 2.67 bits per heavy atom. The predicted molar refractivity (Wildman–Crippen MR) is 70.1 cm³/mol. The molecule has 15 heavy (non-hydrogen) atoms. The molecular weight excluding hydrogens is 226 g/mol. The third-order valence-corrected chi connectivity index (χ3v) is 3.99. The van der Waals surface area contributed by atoms with Crippen molar-refractivity contribution in [1.82, 2.24) is 5.32 Å². The fourth-order valence-electron chi connectivity index (χ4n) is 1.71. The van der Waals surface area contributed by atoms with E-state index in [4.69, 9.17) is 11.6 Å². The van der Waals surface area contributed by atoms with Gasteiger partial charge >= 0.3 is 0 Å². The summed E-state index contributed by atoms with van der Waals surface area (Å²) >= 11 is 7.63. The van der Waals surface area contributed by atoms with Crippen molar-refractivity contribution in [1.29, 1.82) is 0 Å². The third kappa shape index (κ3) is 4.54. The molecule has 0 aromatic carbocycles. The zero-order valence-corrected chi connectivity index (χ0v) is 11.3. The highest BCUT2D eigenvalue weighted by Crippen LogP contribution is 2.30. The Hall–Kier alpha value is -0.0500. The normalized spacial score (nSPS) is 15.2. The quantitative estimate of drug-likeness (QED) is 0.789. The van der Waals surface area contributed by atoms with Gasteiger partial charge in [0.25, 0.3) is 0 Å². The molecule has 1 nitrogen and oxygen atoms in total. The van der Waals surface area contributed by atoms with E-state index in [1.807, 2.05) is 6.07 Å². The molecule has 2 atom stereocenters. The largest absolute Gasteiger partial charge is 0.314 e. The average Bonchev–Trinajstić information content (AvgIpc) is 2.61. The van der Waals surface area contributed by atoms with Crippen LogP contribution in [0.4, 0.5) is 0 Å². The van der Waals surface area contributed by atoms with Gasteiger partial charge in [-0.05, 0) is 44.4 Å². The van der Waals surface area contributed by atoms with Gasteiger partial charge in [-0.2, -0.15) is 0 Å². The Bertz CT molecular complexity index is 285. The standard InChI is InChI=1S/C12H20ClNS/c1-4-7-14-10(3)8-9(2)11-5-6-12(13)15-11/h5-6,9-10,14H,4,7-8H2,1-3H3. The summed E-state index contributed by atoms with van der Waals surface area (Å²) in [5.41, 5.74) is 0. The van der Waals surface area contributed by atoms with E-state index in [1.165, 1.54) is 17.7 Å². The van der Waals surface area contributed by atoms with Gasteiger partial charge in [0.15, 0.2) is 0 Å². The Balaban J connectivity index is 2.38. The van der Waals surface area contributed by atoms with Crippen LogP contribution >= 0.6 is 22.9 Å². The van der Waals surface area contributed by atoms with Crippen LogP contribution in [-0.2, 0) is 0 Å². The van der Waals surface area contributed by atoms with Gasteiger partial charge < -0.3 is 5.32 Å². The summed E-state index contributed by atoms with van der Waals surface area (Å²) in [6.07, 6.45) is 2.38. The highest BCUT2D eigenvalue weighted by Gasteiger charge is 2.11. The summed E-state index contributed by atoms with van der Waals surface area (Å²) in [5, 5.41) is 3.51. The summed E-state index contributed by atoms with van der Waals surface area (Å²) in [6, 6.07) is 4.72. The molecule has 0 saturated carbocycles. The van der Waals surface area contributed by atoms with E-state index in [0.717, 1.165) is 10.9 Å². The Labute approximate surface area is 102 Å². The van der Waals surface area contributed by atoms with Crippen molar-refractivity contribution in [3.8, 4) is 0 Å². The van der Waals surface area contributed by atoms with Crippen LogP contribution in [0.2, 0.25) is 4.34 Å². The molecular formula is C12H20ClNS. The lowest BCUT2D eigenvalue weighted by molar-refractivity contribution is 0.482. The van der Waals surface area contributed by atoms with Gasteiger partial charge in [-0.3, -0.25) is 0 Å². The minimum atomic E-state index is 0.584. The van der Waals surface area contributed by atoms with Crippen molar-refractivity contribution < 1.29 is 0 Å². The monoisotopic (exact) mass is 245 g/mol. The van der Waals surface area contributed by atoms with Gasteiger partial charge in [0.1, 0.15) is 0 Å². The molecule has 0 saturated heterocycles. The SMILES string of the molecule is CCCNC(C)CC(C)c1ccc(Cl)s1. The zero-order valence-electron chi connectivity index (χ0n) is 9.72. The van der Waals surface area contributed by atoms with Gasteiger partial charge in [0.05, 0.1) is 4.34 Å². The molecule has 0 aliphatic rings. The molecule has 3 heteroatoms. The van der Waals surface area contributed by atoms with E-state index in [2.05, 4.69) is 32.2 Å². The van der Waals surface area contributed by atoms with Crippen molar-refractivity contribution in [3.05, 3.63) is 21.3 Å². The molecule has 1 N–H and O–H groups in total. The van der Waals surface area contributed by atoms with Crippen LogP contribution in [0.1, 0.15) is 44.4 Å². The van der Waals surface area contributed by atoms with Crippen LogP contribution in [0, 0.1) is 0 Å². The first-order valence-corrected chi connectivity index (χ1v) is 6.81. The van der Waals surface area contributed by atoms with Crippen molar-refractivity contribution in [2.45, 2.75) is 45.6 Å². The van der Waals surface area contributed by atoms with Crippen molar-refractivity contribution in [2.75, 3.05) is 6.54 Å². The summed E-state index contributed by atoms with van der Waals surface area (Å²) in [5.74, 6) is 0.599. The summed E-state index contributed by atoms with van der Waals surface area (Å²) in [4.78, 5) is 1.39. The minimum absolute atomic E-state index is 0.584. The van der Waals surface area contributed by atoms with Crippen LogP contribution in [0.25, 0.3) is 0 Å². The van der Waals surface area contributed by atoms with Crippen LogP contribution in [0.15, 0.2) is 12.1 Å². The summed E-state index contributed by atoms with van der Waals surface area (Å²) in [6.45, 7) is 7.83. The molecule has 0 radical (unpaired) electrons. The Morgan fingerprint density at radius 2 is 2.13 bits per heavy atom. The highest BCUT2D eigenvalue weighted by molar-refractivity contribution is 7.16. The Kier molecular flexibility index (Phi) is 5.65. The first kappa shape index (κ1) is 13.0. The minimum Gasteiger partial charge on any atom is -0.314 e. The molecule has 2 unspecified atom stereocenters. The van der Waals surface area contributed by atoms with E-state index in [0.29, 0.717) is 12.0 Å². The number of hydrogen-bond donors (Lipinski definition) is 1. The van der Waals surface area contributed by atoms with Gasteiger partial charge in [0.2, 0.25) is 0 Å². The van der Waals surface area contributed by atoms with E-state index < -0.39 is 0 Å². The van der Waals surface area contributed by atoms with E-state index in [-0.39, 0.29) is 0 Å². The molecule has 1 aromatic rings. The maximum atomic E-state index is 5.93. The average molecular weight is 246 g/mol. The smallest absolute Gasteiger partial charge is 0.0931 e. The number of hydrogen-bond acceptors (Lipinski definition) is 2. The maximum absolute atomic E-state index is 5.93. The molecule has 0 aliphatic carbocycles. The summed E-state index contributed by atoms with van der Waals surface area (Å²) < 4.78 is 0.894. The number of rotatable bonds is 6. The van der Waals surface area contributed by atoms with E-state index in [1.54, 1.807) is 11.3 Å². The topological polar surface area (TPSA) is 12.0 Å². The molecule has 0 fully saturated rings. The number of thiophene rings is 1. The van der Waals surface area contributed by atoms with Crippen LogP contribution in [0.3, 0.4) is 0 Å². The lowest BCUT2D eigenvalue weighted by atomic mass is 10.0. The number of nitrogens with one attached hydrogen (secondary N) is 1. The number of halogens is 1. The van der Waals surface area contributed by atoms with E-state index in [9.17, 15) is 0 Å². The first-order valence-electron chi connectivity index (χ1n) is 5.62. The first-order chi connectivity index (χ1) is 7.13. The molecule has 1 heterocycles. The van der Waals surface area contributed by atoms with Gasteiger partial charge in [0, 0.05) is 10.9 Å². The molecule has 1 rings (SSSR count). The van der Waals surface area contributed by atoms with Crippen molar-refractivity contribution in [2.24, 2.45) is 0 Å². The second-order valence-corrected chi connectivity index (χ2v) is 5.88. The van der Waals surface area contributed by atoms with Gasteiger partial charge in [-0.15, -0.1) is 11.3 Å². The third-order valence-electron chi connectivity index (χ3n) is 2.53. The summed E-state index contributed by atoms with van der Waals surface area (Å²) in [7, 11) is 0. The van der Waals surface area contributed by atoms with Crippen LogP contribution in [-0.4, -0.2) is 12.6 Å². The maximum Gasteiger partial charge on any atom is 0.0931 e.